The molecule has 1 nitrogen and oxygen atoms in total. The lowest BCUT2D eigenvalue weighted by molar-refractivity contribution is -0.116. The van der Waals surface area contributed by atoms with Crippen LogP contribution in [0.4, 0.5) is 8.78 Å². The van der Waals surface area contributed by atoms with Crippen molar-refractivity contribution in [2.75, 3.05) is 0 Å². The Labute approximate surface area is 92.1 Å². The van der Waals surface area contributed by atoms with Gasteiger partial charge in [-0.05, 0) is 37.1 Å². The quantitative estimate of drug-likeness (QED) is 0.730. The molecule has 0 N–H and O–H groups in total. The predicted octanol–water partition coefficient (Wildman–Crippen LogP) is 3.40. The van der Waals surface area contributed by atoms with Gasteiger partial charge in [-0.15, -0.1) is 0 Å². The summed E-state index contributed by atoms with van der Waals surface area (Å²) in [5.74, 6) is -1.48. The summed E-state index contributed by atoms with van der Waals surface area (Å²) >= 11 is 5.39. The molecule has 0 heterocycles. The highest BCUT2D eigenvalue weighted by Crippen LogP contribution is 2.33. The van der Waals surface area contributed by atoms with Crippen molar-refractivity contribution in [3.63, 3.8) is 0 Å². The lowest BCUT2D eigenvalue weighted by Crippen LogP contribution is -2.30. The van der Waals surface area contributed by atoms with Crippen LogP contribution in [0.1, 0.15) is 25.8 Å². The van der Waals surface area contributed by atoms with Crippen LogP contribution in [0.25, 0.3) is 0 Å². The fourth-order valence-corrected chi connectivity index (χ4v) is 1.67. The molecule has 0 spiro atoms. The van der Waals surface area contributed by atoms with Gasteiger partial charge in [-0.1, -0.05) is 13.0 Å². The molecule has 15 heavy (non-hydrogen) atoms. The highest BCUT2D eigenvalue weighted by molar-refractivity contribution is 6.65. The van der Waals surface area contributed by atoms with Gasteiger partial charge in [0, 0.05) is 5.56 Å². The lowest BCUT2D eigenvalue weighted by atomic mass is 9.80. The topological polar surface area (TPSA) is 17.1 Å². The second-order valence-electron chi connectivity index (χ2n) is 3.56. The maximum Gasteiger partial charge on any atom is 0.232 e. The minimum absolute atomic E-state index is 0.243. The van der Waals surface area contributed by atoms with Crippen LogP contribution in [0, 0.1) is 11.6 Å². The van der Waals surface area contributed by atoms with Crippen molar-refractivity contribution in [1.29, 1.82) is 0 Å². The highest BCUT2D eigenvalue weighted by atomic mass is 35.5. The fourth-order valence-electron chi connectivity index (χ4n) is 1.44. The van der Waals surface area contributed by atoms with Crippen molar-refractivity contribution in [2.45, 2.75) is 25.7 Å². The van der Waals surface area contributed by atoms with E-state index in [1.807, 2.05) is 0 Å². The first-order valence-corrected chi connectivity index (χ1v) is 4.95. The maximum absolute atomic E-state index is 13.4. The summed E-state index contributed by atoms with van der Waals surface area (Å²) < 4.78 is 26.9. The van der Waals surface area contributed by atoms with Gasteiger partial charge >= 0.3 is 0 Å². The number of benzene rings is 1. The van der Waals surface area contributed by atoms with Gasteiger partial charge in [-0.2, -0.15) is 0 Å². The Hall–Kier alpha value is -0.960. The molecule has 0 aromatic heterocycles. The summed E-state index contributed by atoms with van der Waals surface area (Å²) in [7, 11) is 0. The van der Waals surface area contributed by atoms with E-state index in [0.29, 0.717) is 0 Å². The van der Waals surface area contributed by atoms with Crippen molar-refractivity contribution in [3.05, 3.63) is 35.4 Å². The number of rotatable bonds is 3. The van der Waals surface area contributed by atoms with Gasteiger partial charge < -0.3 is 0 Å². The molecule has 4 heteroatoms. The van der Waals surface area contributed by atoms with E-state index in [0.717, 1.165) is 12.1 Å². The molecule has 0 bridgehead atoms. The third-order valence-corrected chi connectivity index (χ3v) is 3.07. The largest absolute Gasteiger partial charge is 0.280 e. The predicted molar refractivity (Wildman–Crippen MR) is 54.9 cm³/mol. The summed E-state index contributed by atoms with van der Waals surface area (Å²) in [6.07, 6.45) is 0.243. The second kappa shape index (κ2) is 4.27. The molecule has 0 aliphatic rings. The molecule has 0 radical (unpaired) electrons. The smallest absolute Gasteiger partial charge is 0.232 e. The van der Waals surface area contributed by atoms with Crippen LogP contribution < -0.4 is 0 Å². The first-order valence-electron chi connectivity index (χ1n) is 4.58. The summed E-state index contributed by atoms with van der Waals surface area (Å²) in [6.45, 7) is 3.09. The molecule has 1 aromatic rings. The summed E-state index contributed by atoms with van der Waals surface area (Å²) in [5.41, 5.74) is -1.57. The third kappa shape index (κ3) is 2.02. The van der Waals surface area contributed by atoms with Crippen LogP contribution in [-0.4, -0.2) is 5.24 Å². The molecule has 0 aliphatic heterocycles. The Morgan fingerprint density at radius 1 is 1.40 bits per heavy atom. The molecule has 0 amide bonds. The SMILES string of the molecule is CCC(C)(C(=O)Cl)c1c(F)cccc1F. The van der Waals surface area contributed by atoms with Crippen molar-refractivity contribution in [3.8, 4) is 0 Å². The molecule has 1 aromatic carbocycles. The molecule has 1 rings (SSSR count). The van der Waals surface area contributed by atoms with E-state index < -0.39 is 22.3 Å². The van der Waals surface area contributed by atoms with Gasteiger partial charge in [0.1, 0.15) is 11.6 Å². The number of hydrogen-bond donors (Lipinski definition) is 0. The molecule has 0 saturated heterocycles. The van der Waals surface area contributed by atoms with E-state index >= 15 is 0 Å². The zero-order chi connectivity index (χ0) is 11.6. The maximum atomic E-state index is 13.4. The van der Waals surface area contributed by atoms with Crippen molar-refractivity contribution < 1.29 is 13.6 Å². The number of carbonyl (C=O) groups is 1. The van der Waals surface area contributed by atoms with Gasteiger partial charge in [0.2, 0.25) is 5.24 Å². The molecule has 1 atom stereocenters. The standard InChI is InChI=1S/C11H11ClF2O/c1-3-11(2,10(12)15)9-7(13)5-4-6-8(9)14/h4-6H,3H2,1-2H3. The second-order valence-corrected chi connectivity index (χ2v) is 3.90. The zero-order valence-corrected chi connectivity index (χ0v) is 9.24. The van der Waals surface area contributed by atoms with Crippen LogP contribution in [0.3, 0.4) is 0 Å². The molecule has 0 fully saturated rings. The van der Waals surface area contributed by atoms with E-state index in [9.17, 15) is 13.6 Å². The van der Waals surface area contributed by atoms with Crippen LogP contribution >= 0.6 is 11.6 Å². The first kappa shape index (κ1) is 12.1. The Bertz CT molecular complexity index is 372. The van der Waals surface area contributed by atoms with E-state index in [4.69, 9.17) is 11.6 Å². The van der Waals surface area contributed by atoms with Crippen LogP contribution in [0.5, 0.6) is 0 Å². The fraction of sp³-hybridized carbons (Fsp3) is 0.364. The van der Waals surface area contributed by atoms with E-state index in [2.05, 4.69) is 0 Å². The average molecular weight is 233 g/mol. The van der Waals surface area contributed by atoms with E-state index in [1.165, 1.54) is 13.0 Å². The molecule has 0 aliphatic carbocycles. The van der Waals surface area contributed by atoms with Gasteiger partial charge in [0.05, 0.1) is 5.41 Å². The van der Waals surface area contributed by atoms with Crippen molar-refractivity contribution in [1.82, 2.24) is 0 Å². The van der Waals surface area contributed by atoms with Crippen LogP contribution in [0.2, 0.25) is 0 Å². The summed E-state index contributed by atoms with van der Waals surface area (Å²) in [5, 5.41) is -0.756. The van der Waals surface area contributed by atoms with Crippen LogP contribution in [0.15, 0.2) is 18.2 Å². The summed E-state index contributed by atoms with van der Waals surface area (Å²) in [4.78, 5) is 11.2. The van der Waals surface area contributed by atoms with Gasteiger partial charge in [0.25, 0.3) is 0 Å². The minimum Gasteiger partial charge on any atom is -0.280 e. The van der Waals surface area contributed by atoms with Crippen molar-refractivity contribution >= 4 is 16.8 Å². The summed E-state index contributed by atoms with van der Waals surface area (Å²) in [6, 6.07) is 3.49. The Kier molecular flexibility index (Phi) is 3.45. The first-order chi connectivity index (χ1) is 6.93. The van der Waals surface area contributed by atoms with Crippen LogP contribution in [-0.2, 0) is 10.2 Å². The van der Waals surface area contributed by atoms with E-state index in [1.54, 1.807) is 6.92 Å². The monoisotopic (exact) mass is 232 g/mol. The zero-order valence-electron chi connectivity index (χ0n) is 8.48. The minimum atomic E-state index is -1.31. The van der Waals surface area contributed by atoms with Gasteiger partial charge in [-0.3, -0.25) is 4.79 Å². The normalized spacial score (nSPS) is 14.7. The van der Waals surface area contributed by atoms with Gasteiger partial charge in [-0.25, -0.2) is 8.78 Å². The number of hydrogen-bond acceptors (Lipinski definition) is 1. The molecule has 1 unspecified atom stereocenters. The number of carbonyl (C=O) groups excluding carboxylic acids is 1. The number of halogens is 3. The molecular weight excluding hydrogens is 222 g/mol. The third-order valence-electron chi connectivity index (χ3n) is 2.66. The van der Waals surface area contributed by atoms with Gasteiger partial charge in [0.15, 0.2) is 0 Å². The van der Waals surface area contributed by atoms with E-state index in [-0.39, 0.29) is 12.0 Å². The van der Waals surface area contributed by atoms with Crippen molar-refractivity contribution in [2.24, 2.45) is 0 Å². The Morgan fingerprint density at radius 3 is 2.20 bits per heavy atom. The highest BCUT2D eigenvalue weighted by Gasteiger charge is 2.36. The Balaban J connectivity index is 3.42. The molecule has 0 saturated carbocycles. The molecular formula is C11H11ClF2O. The Morgan fingerprint density at radius 2 is 1.87 bits per heavy atom. The average Bonchev–Trinajstić information content (AvgIpc) is 2.16. The molecule has 82 valence electrons. The lowest BCUT2D eigenvalue weighted by Gasteiger charge is -2.24.